The normalized spacial score (nSPS) is 12.5. The van der Waals surface area contributed by atoms with Crippen molar-refractivity contribution in [1.82, 2.24) is 0 Å². The van der Waals surface area contributed by atoms with Crippen LogP contribution < -0.4 is 5.73 Å². The van der Waals surface area contributed by atoms with E-state index in [0.29, 0.717) is 0 Å². The van der Waals surface area contributed by atoms with Gasteiger partial charge in [0, 0.05) is 10.0 Å². The Hall–Kier alpha value is -1.26. The summed E-state index contributed by atoms with van der Waals surface area (Å²) >= 11 is 3.32. The predicted molar refractivity (Wildman–Crippen MR) is 71.3 cm³/mol. The highest BCUT2D eigenvalue weighted by Gasteiger charge is 2.18. The van der Waals surface area contributed by atoms with Gasteiger partial charge in [-0.25, -0.2) is 8.78 Å². The number of nitrogens with two attached hydrogens (primary N) is 1. The van der Waals surface area contributed by atoms with Gasteiger partial charge in [0.25, 0.3) is 0 Å². The standard InChI is InChI=1S/C14H12BrF2N/c1-8-5-6-11(13(17)12(8)16)14(18)9-3-2-4-10(15)7-9/h2-7,14H,18H2,1H3. The van der Waals surface area contributed by atoms with Gasteiger partial charge in [0.1, 0.15) is 0 Å². The molecule has 2 rings (SSSR count). The van der Waals surface area contributed by atoms with Crippen molar-refractivity contribution in [3.63, 3.8) is 0 Å². The van der Waals surface area contributed by atoms with Crippen molar-refractivity contribution in [1.29, 1.82) is 0 Å². The Bertz CT molecular complexity index is 584. The molecule has 0 saturated heterocycles. The summed E-state index contributed by atoms with van der Waals surface area (Å²) in [5, 5.41) is 0. The second-order valence-electron chi connectivity index (χ2n) is 4.13. The van der Waals surface area contributed by atoms with Crippen LogP contribution in [0.25, 0.3) is 0 Å². The predicted octanol–water partition coefficient (Wildman–Crippen LogP) is 4.08. The molecule has 94 valence electrons. The Kier molecular flexibility index (Phi) is 3.78. The lowest BCUT2D eigenvalue weighted by Gasteiger charge is -2.15. The van der Waals surface area contributed by atoms with Gasteiger partial charge in [-0.2, -0.15) is 0 Å². The molecule has 0 saturated carbocycles. The molecule has 0 spiro atoms. The molecular formula is C14H12BrF2N. The van der Waals surface area contributed by atoms with E-state index in [4.69, 9.17) is 5.73 Å². The first-order chi connectivity index (χ1) is 8.50. The Morgan fingerprint density at radius 1 is 1.11 bits per heavy atom. The summed E-state index contributed by atoms with van der Waals surface area (Å²) in [6, 6.07) is 9.61. The maximum absolute atomic E-state index is 13.8. The molecule has 1 atom stereocenters. The molecule has 0 aromatic heterocycles. The van der Waals surface area contributed by atoms with E-state index in [0.717, 1.165) is 10.0 Å². The van der Waals surface area contributed by atoms with Crippen LogP contribution >= 0.6 is 15.9 Å². The lowest BCUT2D eigenvalue weighted by atomic mass is 9.98. The minimum absolute atomic E-state index is 0.163. The first-order valence-corrected chi connectivity index (χ1v) is 6.25. The molecule has 0 aliphatic carbocycles. The highest BCUT2D eigenvalue weighted by atomic mass is 79.9. The molecule has 2 aromatic carbocycles. The van der Waals surface area contributed by atoms with Crippen LogP contribution in [0.4, 0.5) is 8.78 Å². The van der Waals surface area contributed by atoms with Crippen LogP contribution in [-0.4, -0.2) is 0 Å². The van der Waals surface area contributed by atoms with Gasteiger partial charge in [-0.3, -0.25) is 0 Å². The van der Waals surface area contributed by atoms with E-state index in [9.17, 15) is 8.78 Å². The summed E-state index contributed by atoms with van der Waals surface area (Å²) < 4.78 is 28.2. The first kappa shape index (κ1) is 13.2. The van der Waals surface area contributed by atoms with Crippen LogP contribution in [0, 0.1) is 18.6 Å². The molecule has 0 aliphatic rings. The number of benzene rings is 2. The topological polar surface area (TPSA) is 26.0 Å². The highest BCUT2D eigenvalue weighted by molar-refractivity contribution is 9.10. The zero-order chi connectivity index (χ0) is 13.3. The average Bonchev–Trinajstić information content (AvgIpc) is 2.35. The quantitative estimate of drug-likeness (QED) is 0.888. The van der Waals surface area contributed by atoms with Gasteiger partial charge in [0.15, 0.2) is 11.6 Å². The van der Waals surface area contributed by atoms with E-state index in [-0.39, 0.29) is 11.1 Å². The summed E-state index contributed by atoms with van der Waals surface area (Å²) in [5.74, 6) is -1.71. The Balaban J connectivity index is 2.46. The van der Waals surface area contributed by atoms with Crippen molar-refractivity contribution >= 4 is 15.9 Å². The molecule has 0 heterocycles. The summed E-state index contributed by atoms with van der Waals surface area (Å²) in [4.78, 5) is 0. The molecule has 18 heavy (non-hydrogen) atoms. The molecule has 2 aromatic rings. The average molecular weight is 312 g/mol. The fourth-order valence-electron chi connectivity index (χ4n) is 1.78. The molecular weight excluding hydrogens is 300 g/mol. The van der Waals surface area contributed by atoms with Gasteiger partial charge < -0.3 is 5.73 Å². The van der Waals surface area contributed by atoms with Crippen LogP contribution in [0.2, 0.25) is 0 Å². The van der Waals surface area contributed by atoms with Gasteiger partial charge in [0.05, 0.1) is 6.04 Å². The zero-order valence-electron chi connectivity index (χ0n) is 9.75. The van der Waals surface area contributed by atoms with Crippen LogP contribution in [0.5, 0.6) is 0 Å². The fraction of sp³-hybridized carbons (Fsp3) is 0.143. The van der Waals surface area contributed by atoms with Crippen molar-refractivity contribution in [3.8, 4) is 0 Å². The third-order valence-electron chi connectivity index (χ3n) is 2.85. The molecule has 0 amide bonds. The Morgan fingerprint density at radius 3 is 2.50 bits per heavy atom. The summed E-state index contributed by atoms with van der Waals surface area (Å²) in [6.07, 6.45) is 0. The monoisotopic (exact) mass is 311 g/mol. The Labute approximate surface area is 113 Å². The number of rotatable bonds is 2. The first-order valence-electron chi connectivity index (χ1n) is 5.46. The van der Waals surface area contributed by atoms with Crippen LogP contribution in [-0.2, 0) is 0 Å². The molecule has 1 unspecified atom stereocenters. The van der Waals surface area contributed by atoms with E-state index >= 15 is 0 Å². The van der Waals surface area contributed by atoms with E-state index in [1.54, 1.807) is 12.1 Å². The van der Waals surface area contributed by atoms with Crippen molar-refractivity contribution in [2.24, 2.45) is 5.73 Å². The van der Waals surface area contributed by atoms with Crippen molar-refractivity contribution in [3.05, 3.63) is 69.2 Å². The van der Waals surface area contributed by atoms with Gasteiger partial charge >= 0.3 is 0 Å². The lowest BCUT2D eigenvalue weighted by Crippen LogP contribution is -2.14. The largest absolute Gasteiger partial charge is 0.320 e. The minimum atomic E-state index is -0.873. The van der Waals surface area contributed by atoms with Gasteiger partial charge in [-0.05, 0) is 30.2 Å². The van der Waals surface area contributed by atoms with Gasteiger partial charge in [0.2, 0.25) is 0 Å². The zero-order valence-corrected chi connectivity index (χ0v) is 11.3. The molecule has 0 radical (unpaired) electrons. The van der Waals surface area contributed by atoms with Crippen molar-refractivity contribution in [2.45, 2.75) is 13.0 Å². The van der Waals surface area contributed by atoms with Crippen molar-refractivity contribution < 1.29 is 8.78 Å². The van der Waals surface area contributed by atoms with E-state index < -0.39 is 17.7 Å². The van der Waals surface area contributed by atoms with Gasteiger partial charge in [-0.15, -0.1) is 0 Å². The number of hydrogen-bond acceptors (Lipinski definition) is 1. The molecule has 1 nitrogen and oxygen atoms in total. The van der Waals surface area contributed by atoms with Crippen LogP contribution in [0.15, 0.2) is 40.9 Å². The third kappa shape index (κ3) is 2.44. The maximum Gasteiger partial charge on any atom is 0.164 e. The molecule has 0 fully saturated rings. The second-order valence-corrected chi connectivity index (χ2v) is 5.05. The number of aryl methyl sites for hydroxylation is 1. The lowest BCUT2D eigenvalue weighted by molar-refractivity contribution is 0.489. The number of hydrogen-bond donors (Lipinski definition) is 1. The highest BCUT2D eigenvalue weighted by Crippen LogP contribution is 2.26. The minimum Gasteiger partial charge on any atom is -0.320 e. The summed E-state index contributed by atoms with van der Waals surface area (Å²) in [6.45, 7) is 1.52. The Morgan fingerprint density at radius 2 is 1.83 bits per heavy atom. The molecule has 4 heteroatoms. The SMILES string of the molecule is Cc1ccc(C(N)c2cccc(Br)c2)c(F)c1F. The number of halogens is 3. The van der Waals surface area contributed by atoms with Crippen LogP contribution in [0.3, 0.4) is 0 Å². The molecule has 2 N–H and O–H groups in total. The third-order valence-corrected chi connectivity index (χ3v) is 3.34. The summed E-state index contributed by atoms with van der Waals surface area (Å²) in [7, 11) is 0. The summed E-state index contributed by atoms with van der Waals surface area (Å²) in [5.41, 5.74) is 7.14. The molecule has 0 bridgehead atoms. The van der Waals surface area contributed by atoms with Crippen LogP contribution in [0.1, 0.15) is 22.7 Å². The molecule has 0 aliphatic heterocycles. The van der Waals surface area contributed by atoms with Crippen molar-refractivity contribution in [2.75, 3.05) is 0 Å². The van der Waals surface area contributed by atoms with Gasteiger partial charge in [-0.1, -0.05) is 40.2 Å². The van der Waals surface area contributed by atoms with E-state index in [1.807, 2.05) is 12.1 Å². The fourth-order valence-corrected chi connectivity index (χ4v) is 2.20. The second kappa shape index (κ2) is 5.16. The van der Waals surface area contributed by atoms with E-state index in [1.165, 1.54) is 19.1 Å². The van der Waals surface area contributed by atoms with E-state index in [2.05, 4.69) is 15.9 Å². The smallest absolute Gasteiger partial charge is 0.164 e. The maximum atomic E-state index is 13.8.